The Bertz CT molecular complexity index is 589. The molecule has 0 radical (unpaired) electrons. The number of likely N-dealkylation sites (N-methyl/N-ethyl adjacent to an activating group) is 1. The van der Waals surface area contributed by atoms with Crippen molar-refractivity contribution in [2.24, 2.45) is 4.99 Å². The van der Waals surface area contributed by atoms with Crippen LogP contribution in [0.15, 0.2) is 29.3 Å². The van der Waals surface area contributed by atoms with Gasteiger partial charge >= 0.3 is 6.18 Å². The van der Waals surface area contributed by atoms with Crippen LogP contribution in [0.1, 0.15) is 12.0 Å². The molecule has 0 bridgehead atoms. The number of carbonyl (C=O) groups is 1. The molecule has 1 aromatic rings. The SMILES string of the molecule is CN=C(NCCC(F)(F)F)NCc1cccc(OCC(=O)N(C)C)c1. The number of hydrogen-bond donors (Lipinski definition) is 2. The minimum absolute atomic E-state index is 0.0649. The number of amides is 1. The van der Waals surface area contributed by atoms with Crippen LogP contribution in [-0.4, -0.2) is 57.2 Å². The van der Waals surface area contributed by atoms with Crippen LogP contribution in [-0.2, 0) is 11.3 Å². The van der Waals surface area contributed by atoms with E-state index >= 15 is 0 Å². The molecule has 0 unspecified atom stereocenters. The first kappa shape index (κ1) is 20.6. The van der Waals surface area contributed by atoms with Gasteiger partial charge in [-0.25, -0.2) is 0 Å². The highest BCUT2D eigenvalue weighted by molar-refractivity contribution is 5.79. The van der Waals surface area contributed by atoms with Gasteiger partial charge in [0.2, 0.25) is 0 Å². The molecular formula is C16H23F3N4O2. The summed E-state index contributed by atoms with van der Waals surface area (Å²) in [4.78, 5) is 16.8. The van der Waals surface area contributed by atoms with Crippen LogP contribution in [0, 0.1) is 0 Å². The fourth-order valence-electron chi connectivity index (χ4n) is 1.75. The number of benzene rings is 1. The van der Waals surface area contributed by atoms with Crippen molar-refractivity contribution in [1.82, 2.24) is 15.5 Å². The molecule has 0 atom stereocenters. The molecule has 0 saturated carbocycles. The van der Waals surface area contributed by atoms with E-state index in [4.69, 9.17) is 4.74 Å². The summed E-state index contributed by atoms with van der Waals surface area (Å²) in [5.41, 5.74) is 0.841. The van der Waals surface area contributed by atoms with E-state index in [1.165, 1.54) is 11.9 Å². The number of ether oxygens (including phenoxy) is 1. The molecule has 0 aliphatic carbocycles. The first-order chi connectivity index (χ1) is 11.7. The van der Waals surface area contributed by atoms with Crippen LogP contribution in [0.4, 0.5) is 13.2 Å². The van der Waals surface area contributed by atoms with Crippen molar-refractivity contribution in [1.29, 1.82) is 0 Å². The van der Waals surface area contributed by atoms with Crippen molar-refractivity contribution in [3.05, 3.63) is 29.8 Å². The Morgan fingerprint density at radius 2 is 2.00 bits per heavy atom. The third-order valence-corrected chi connectivity index (χ3v) is 3.14. The van der Waals surface area contributed by atoms with Crippen molar-refractivity contribution in [2.75, 3.05) is 34.3 Å². The van der Waals surface area contributed by atoms with Crippen LogP contribution in [0.5, 0.6) is 5.75 Å². The Morgan fingerprint density at radius 3 is 2.60 bits per heavy atom. The molecule has 25 heavy (non-hydrogen) atoms. The highest BCUT2D eigenvalue weighted by Crippen LogP contribution is 2.18. The molecule has 1 rings (SSSR count). The van der Waals surface area contributed by atoms with Crippen molar-refractivity contribution < 1.29 is 22.7 Å². The number of aliphatic imine (C=N–C) groups is 1. The minimum atomic E-state index is -4.21. The standard InChI is InChI=1S/C16H23F3N4O2/c1-20-15(21-8-7-16(17,18)19)22-10-12-5-4-6-13(9-12)25-11-14(24)23(2)3/h4-6,9H,7-8,10-11H2,1-3H3,(H2,20,21,22). The zero-order valence-corrected chi connectivity index (χ0v) is 14.5. The monoisotopic (exact) mass is 360 g/mol. The lowest BCUT2D eigenvalue weighted by atomic mass is 10.2. The predicted octanol–water partition coefficient (Wildman–Crippen LogP) is 1.77. The third-order valence-electron chi connectivity index (χ3n) is 3.14. The van der Waals surface area contributed by atoms with Crippen molar-refractivity contribution in [2.45, 2.75) is 19.1 Å². The quantitative estimate of drug-likeness (QED) is 0.575. The molecule has 6 nitrogen and oxygen atoms in total. The number of alkyl halides is 3. The Hall–Kier alpha value is -2.45. The fourth-order valence-corrected chi connectivity index (χ4v) is 1.75. The summed E-state index contributed by atoms with van der Waals surface area (Å²) >= 11 is 0. The second-order valence-electron chi connectivity index (χ2n) is 5.44. The molecule has 0 saturated heterocycles. The Morgan fingerprint density at radius 1 is 1.28 bits per heavy atom. The summed E-state index contributed by atoms with van der Waals surface area (Å²) in [5, 5.41) is 5.52. The normalized spacial score (nSPS) is 11.8. The average Bonchev–Trinajstić information content (AvgIpc) is 2.55. The van der Waals surface area contributed by atoms with Gasteiger partial charge < -0.3 is 20.3 Å². The number of carbonyl (C=O) groups excluding carboxylic acids is 1. The lowest BCUT2D eigenvalue weighted by Gasteiger charge is -2.14. The van der Waals surface area contributed by atoms with E-state index in [1.807, 2.05) is 6.07 Å². The average molecular weight is 360 g/mol. The van der Waals surface area contributed by atoms with E-state index in [1.54, 1.807) is 32.3 Å². The molecule has 1 amide bonds. The summed E-state index contributed by atoms with van der Waals surface area (Å²) in [7, 11) is 4.77. The van der Waals surface area contributed by atoms with Crippen LogP contribution >= 0.6 is 0 Å². The van der Waals surface area contributed by atoms with Crippen molar-refractivity contribution in [3.63, 3.8) is 0 Å². The molecule has 0 aliphatic heterocycles. The largest absolute Gasteiger partial charge is 0.484 e. The predicted molar refractivity (Wildman–Crippen MR) is 89.5 cm³/mol. The Balaban J connectivity index is 2.48. The maximum atomic E-state index is 12.1. The van der Waals surface area contributed by atoms with E-state index < -0.39 is 12.6 Å². The van der Waals surface area contributed by atoms with Gasteiger partial charge in [-0.15, -0.1) is 0 Å². The second-order valence-corrected chi connectivity index (χ2v) is 5.44. The number of nitrogens with one attached hydrogen (secondary N) is 2. The lowest BCUT2D eigenvalue weighted by Crippen LogP contribution is -2.38. The van der Waals surface area contributed by atoms with Gasteiger partial charge in [-0.05, 0) is 17.7 Å². The molecule has 140 valence electrons. The summed E-state index contributed by atoms with van der Waals surface area (Å²) in [6.45, 7) is 0.0358. The number of hydrogen-bond acceptors (Lipinski definition) is 3. The highest BCUT2D eigenvalue weighted by atomic mass is 19.4. The smallest absolute Gasteiger partial charge is 0.390 e. The maximum absolute atomic E-state index is 12.1. The zero-order chi connectivity index (χ0) is 18.9. The van der Waals surface area contributed by atoms with Gasteiger partial charge in [-0.3, -0.25) is 9.79 Å². The highest BCUT2D eigenvalue weighted by Gasteiger charge is 2.26. The van der Waals surface area contributed by atoms with E-state index in [0.29, 0.717) is 12.3 Å². The molecular weight excluding hydrogens is 337 g/mol. The summed E-state index contributed by atoms with van der Waals surface area (Å²) in [6, 6.07) is 7.07. The second kappa shape index (κ2) is 9.75. The molecule has 2 N–H and O–H groups in total. The van der Waals surface area contributed by atoms with Gasteiger partial charge in [0.05, 0.1) is 6.42 Å². The minimum Gasteiger partial charge on any atom is -0.484 e. The molecule has 0 aromatic heterocycles. The van der Waals surface area contributed by atoms with Crippen molar-refractivity contribution in [3.8, 4) is 5.75 Å². The summed E-state index contributed by atoms with van der Waals surface area (Å²) in [5.74, 6) is 0.658. The molecule has 0 aliphatic rings. The molecule has 0 fully saturated rings. The first-order valence-corrected chi connectivity index (χ1v) is 7.64. The number of rotatable bonds is 7. The van der Waals surface area contributed by atoms with E-state index in [-0.39, 0.29) is 25.0 Å². The van der Waals surface area contributed by atoms with E-state index in [0.717, 1.165) is 5.56 Å². The number of guanidine groups is 1. The van der Waals surface area contributed by atoms with E-state index in [2.05, 4.69) is 15.6 Å². The van der Waals surface area contributed by atoms with Gasteiger partial charge in [0.25, 0.3) is 5.91 Å². The Kier molecular flexibility index (Phi) is 8.03. The molecule has 1 aromatic carbocycles. The zero-order valence-electron chi connectivity index (χ0n) is 14.5. The number of nitrogens with zero attached hydrogens (tertiary/aromatic N) is 2. The maximum Gasteiger partial charge on any atom is 0.390 e. The summed E-state index contributed by atoms with van der Waals surface area (Å²) < 4.78 is 41.8. The van der Waals surface area contributed by atoms with Gasteiger partial charge in [-0.1, -0.05) is 12.1 Å². The first-order valence-electron chi connectivity index (χ1n) is 7.64. The van der Waals surface area contributed by atoms with Crippen molar-refractivity contribution >= 4 is 11.9 Å². The van der Waals surface area contributed by atoms with Crippen LogP contribution in [0.25, 0.3) is 0 Å². The summed E-state index contributed by atoms with van der Waals surface area (Å²) in [6.07, 6.45) is -5.14. The molecule has 0 spiro atoms. The number of halogens is 3. The van der Waals surface area contributed by atoms with Crippen LogP contribution in [0.3, 0.4) is 0 Å². The van der Waals surface area contributed by atoms with Crippen LogP contribution in [0.2, 0.25) is 0 Å². The van der Waals surface area contributed by atoms with Gasteiger partial charge in [0.1, 0.15) is 5.75 Å². The lowest BCUT2D eigenvalue weighted by molar-refractivity contribution is -0.133. The van der Waals surface area contributed by atoms with Gasteiger partial charge in [0, 0.05) is 34.2 Å². The van der Waals surface area contributed by atoms with Gasteiger partial charge in [0.15, 0.2) is 12.6 Å². The van der Waals surface area contributed by atoms with Crippen LogP contribution < -0.4 is 15.4 Å². The Labute approximate surface area is 145 Å². The fraction of sp³-hybridized carbons (Fsp3) is 0.500. The molecule has 0 heterocycles. The third kappa shape index (κ3) is 8.83. The van der Waals surface area contributed by atoms with E-state index in [9.17, 15) is 18.0 Å². The topological polar surface area (TPSA) is 66.0 Å². The molecule has 9 heteroatoms. The van der Waals surface area contributed by atoms with Gasteiger partial charge in [-0.2, -0.15) is 13.2 Å².